The highest BCUT2D eigenvalue weighted by Crippen LogP contribution is 2.40. The Balaban J connectivity index is 1.89. The zero-order valence-corrected chi connectivity index (χ0v) is 11.0. The van der Waals surface area contributed by atoms with E-state index in [1.165, 1.54) is 0 Å². The normalized spacial score (nSPS) is 16.5. The summed E-state index contributed by atoms with van der Waals surface area (Å²) in [5.41, 5.74) is 0.960. The van der Waals surface area contributed by atoms with Gasteiger partial charge in [0.25, 0.3) is 0 Å². The summed E-state index contributed by atoms with van der Waals surface area (Å²) >= 11 is 0. The smallest absolute Gasteiger partial charge is 0.311 e. The fourth-order valence-electron chi connectivity index (χ4n) is 2.26. The van der Waals surface area contributed by atoms with E-state index in [4.69, 9.17) is 5.11 Å². The molecule has 1 amide bonds. The lowest BCUT2D eigenvalue weighted by atomic mass is 9.69. The van der Waals surface area contributed by atoms with Gasteiger partial charge in [0.2, 0.25) is 5.91 Å². The number of carboxylic acid groups (broad SMARTS) is 1. The van der Waals surface area contributed by atoms with E-state index in [0.717, 1.165) is 17.7 Å². The Hall–Kier alpha value is -1.91. The fourth-order valence-corrected chi connectivity index (χ4v) is 2.26. The second kappa shape index (κ2) is 5.38. The molecule has 0 spiro atoms. The molecule has 5 nitrogen and oxygen atoms in total. The molecule has 0 aliphatic heterocycles. The summed E-state index contributed by atoms with van der Waals surface area (Å²) in [5.74, 6) is -0.984. The fraction of sp³-hybridized carbons (Fsp3) is 0.500. The van der Waals surface area contributed by atoms with E-state index in [0.29, 0.717) is 12.8 Å². The van der Waals surface area contributed by atoms with Gasteiger partial charge in [0.05, 0.1) is 17.5 Å². The van der Waals surface area contributed by atoms with E-state index in [1.54, 1.807) is 6.20 Å². The third-order valence-corrected chi connectivity index (χ3v) is 3.83. The monoisotopic (exact) mass is 262 g/mol. The maximum atomic E-state index is 11.8. The Morgan fingerprint density at radius 2 is 2.21 bits per heavy atom. The van der Waals surface area contributed by atoms with E-state index < -0.39 is 11.4 Å². The highest BCUT2D eigenvalue weighted by Gasteiger charge is 2.44. The molecule has 1 aromatic rings. The molecule has 2 rings (SSSR count). The van der Waals surface area contributed by atoms with Crippen molar-refractivity contribution in [2.45, 2.75) is 32.6 Å². The number of nitrogens with zero attached hydrogens (tertiary/aromatic N) is 1. The van der Waals surface area contributed by atoms with Gasteiger partial charge >= 0.3 is 5.97 Å². The molecule has 0 bridgehead atoms. The lowest BCUT2D eigenvalue weighted by Gasteiger charge is -2.37. The molecule has 1 heterocycles. The van der Waals surface area contributed by atoms with Crippen LogP contribution in [0.15, 0.2) is 18.3 Å². The van der Waals surface area contributed by atoms with Gasteiger partial charge in [0, 0.05) is 12.7 Å². The minimum atomic E-state index is -0.812. The van der Waals surface area contributed by atoms with Crippen LogP contribution in [-0.4, -0.2) is 28.5 Å². The molecule has 2 N–H and O–H groups in total. The number of carbonyl (C=O) groups excluding carboxylic acids is 1. The summed E-state index contributed by atoms with van der Waals surface area (Å²) in [6.07, 6.45) is 4.06. The molecule has 102 valence electrons. The first kappa shape index (κ1) is 13.5. The molecule has 0 atom stereocenters. The summed E-state index contributed by atoms with van der Waals surface area (Å²) in [5, 5.41) is 11.9. The molecule has 1 saturated carbocycles. The van der Waals surface area contributed by atoms with Crippen molar-refractivity contribution in [3.05, 3.63) is 29.6 Å². The van der Waals surface area contributed by atoms with Crippen LogP contribution in [0.5, 0.6) is 0 Å². The number of nitrogens with one attached hydrogen (secondary N) is 1. The van der Waals surface area contributed by atoms with Crippen LogP contribution in [0.3, 0.4) is 0 Å². The average Bonchev–Trinajstić information content (AvgIpc) is 2.30. The Morgan fingerprint density at radius 3 is 2.74 bits per heavy atom. The van der Waals surface area contributed by atoms with Crippen LogP contribution in [0.2, 0.25) is 0 Å². The standard InChI is InChI=1S/C14H18N2O3/c1-10-4-2-7-15-11(10)8-12(17)16-9-14(13(18)19)5-3-6-14/h2,4,7H,3,5-6,8-9H2,1H3,(H,16,17)(H,18,19). The number of aromatic nitrogens is 1. The van der Waals surface area contributed by atoms with Crippen molar-refractivity contribution in [3.63, 3.8) is 0 Å². The van der Waals surface area contributed by atoms with Gasteiger partial charge in [-0.25, -0.2) is 0 Å². The van der Waals surface area contributed by atoms with E-state index in [9.17, 15) is 9.59 Å². The highest BCUT2D eigenvalue weighted by atomic mass is 16.4. The predicted molar refractivity (Wildman–Crippen MR) is 69.6 cm³/mol. The molecule has 1 aliphatic carbocycles. The number of aryl methyl sites for hydroxylation is 1. The summed E-state index contributed by atoms with van der Waals surface area (Å²) in [6, 6.07) is 3.73. The van der Waals surface area contributed by atoms with E-state index in [1.807, 2.05) is 19.1 Å². The van der Waals surface area contributed by atoms with Crippen LogP contribution in [0.1, 0.15) is 30.5 Å². The molecule has 1 aromatic heterocycles. The van der Waals surface area contributed by atoms with Crippen LogP contribution >= 0.6 is 0 Å². The van der Waals surface area contributed by atoms with Crippen molar-refractivity contribution in [1.29, 1.82) is 0 Å². The second-order valence-electron chi connectivity index (χ2n) is 5.16. The summed E-state index contributed by atoms with van der Waals surface area (Å²) in [6.45, 7) is 2.12. The summed E-state index contributed by atoms with van der Waals surface area (Å²) in [7, 11) is 0. The Kier molecular flexibility index (Phi) is 3.83. The molecule has 0 radical (unpaired) electrons. The minimum absolute atomic E-state index is 0.172. The van der Waals surface area contributed by atoms with Gasteiger partial charge in [-0.3, -0.25) is 14.6 Å². The van der Waals surface area contributed by atoms with Crippen molar-refractivity contribution in [3.8, 4) is 0 Å². The molecule has 0 saturated heterocycles. The first-order valence-corrected chi connectivity index (χ1v) is 6.44. The van der Waals surface area contributed by atoms with Crippen LogP contribution in [-0.2, 0) is 16.0 Å². The zero-order chi connectivity index (χ0) is 13.9. The number of hydrogen-bond donors (Lipinski definition) is 2. The van der Waals surface area contributed by atoms with Crippen molar-refractivity contribution in [1.82, 2.24) is 10.3 Å². The molecule has 0 aromatic carbocycles. The number of rotatable bonds is 5. The topological polar surface area (TPSA) is 79.3 Å². The Labute approximate surface area is 112 Å². The summed E-state index contributed by atoms with van der Waals surface area (Å²) < 4.78 is 0. The number of aliphatic carboxylic acids is 1. The number of amides is 1. The van der Waals surface area contributed by atoms with Gasteiger partial charge in [-0.1, -0.05) is 12.5 Å². The predicted octanol–water partition coefficient (Wildman–Crippen LogP) is 1.30. The quantitative estimate of drug-likeness (QED) is 0.838. The van der Waals surface area contributed by atoms with Gasteiger partial charge in [0.1, 0.15) is 0 Å². The lowest BCUT2D eigenvalue weighted by Crippen LogP contribution is -2.47. The Bertz CT molecular complexity index is 495. The Morgan fingerprint density at radius 1 is 1.47 bits per heavy atom. The highest BCUT2D eigenvalue weighted by molar-refractivity contribution is 5.81. The van der Waals surface area contributed by atoms with E-state index in [-0.39, 0.29) is 18.9 Å². The molecule has 1 aliphatic rings. The lowest BCUT2D eigenvalue weighted by molar-refractivity contribution is -0.154. The average molecular weight is 262 g/mol. The first-order chi connectivity index (χ1) is 9.03. The largest absolute Gasteiger partial charge is 0.481 e. The zero-order valence-electron chi connectivity index (χ0n) is 11.0. The van der Waals surface area contributed by atoms with Crippen molar-refractivity contribution < 1.29 is 14.7 Å². The van der Waals surface area contributed by atoms with Gasteiger partial charge in [0.15, 0.2) is 0 Å². The third kappa shape index (κ3) is 2.92. The van der Waals surface area contributed by atoms with Crippen molar-refractivity contribution >= 4 is 11.9 Å². The number of pyridine rings is 1. The molecular weight excluding hydrogens is 244 g/mol. The third-order valence-electron chi connectivity index (χ3n) is 3.83. The number of hydrogen-bond acceptors (Lipinski definition) is 3. The SMILES string of the molecule is Cc1cccnc1CC(=O)NCC1(C(=O)O)CCC1. The molecule has 1 fully saturated rings. The van der Waals surface area contributed by atoms with Crippen molar-refractivity contribution in [2.75, 3.05) is 6.54 Å². The number of carbonyl (C=O) groups is 2. The minimum Gasteiger partial charge on any atom is -0.481 e. The molecule has 5 heteroatoms. The van der Waals surface area contributed by atoms with Crippen LogP contribution < -0.4 is 5.32 Å². The van der Waals surface area contributed by atoms with E-state index >= 15 is 0 Å². The van der Waals surface area contributed by atoms with Gasteiger partial charge in [-0.2, -0.15) is 0 Å². The first-order valence-electron chi connectivity index (χ1n) is 6.44. The van der Waals surface area contributed by atoms with Crippen molar-refractivity contribution in [2.24, 2.45) is 5.41 Å². The second-order valence-corrected chi connectivity index (χ2v) is 5.16. The van der Waals surface area contributed by atoms with Gasteiger partial charge in [-0.15, -0.1) is 0 Å². The number of carboxylic acids is 1. The van der Waals surface area contributed by atoms with Gasteiger partial charge < -0.3 is 10.4 Å². The van der Waals surface area contributed by atoms with Crippen LogP contribution in [0.4, 0.5) is 0 Å². The van der Waals surface area contributed by atoms with E-state index in [2.05, 4.69) is 10.3 Å². The van der Waals surface area contributed by atoms with Crippen LogP contribution in [0, 0.1) is 12.3 Å². The molecular formula is C14H18N2O3. The summed E-state index contributed by atoms with van der Waals surface area (Å²) in [4.78, 5) is 27.1. The van der Waals surface area contributed by atoms with Crippen LogP contribution in [0.25, 0.3) is 0 Å². The van der Waals surface area contributed by atoms with Gasteiger partial charge in [-0.05, 0) is 31.4 Å². The molecule has 19 heavy (non-hydrogen) atoms. The maximum Gasteiger partial charge on any atom is 0.311 e. The molecule has 0 unspecified atom stereocenters. The maximum absolute atomic E-state index is 11.8.